The molecule has 7 nitrogen and oxygen atoms in total. The van der Waals surface area contributed by atoms with Gasteiger partial charge in [0.25, 0.3) is 6.34 Å². The summed E-state index contributed by atoms with van der Waals surface area (Å²) < 4.78 is 60.7. The molecule has 11 heteroatoms. The van der Waals surface area contributed by atoms with Crippen molar-refractivity contribution in [2.24, 2.45) is 5.41 Å². The molecule has 1 heterocycles. The van der Waals surface area contributed by atoms with Gasteiger partial charge in [-0.05, 0) is 37.5 Å². The molecule has 232 valence electrons. The molecule has 1 aliphatic heterocycles. The van der Waals surface area contributed by atoms with Crippen LogP contribution in [0, 0.1) is 5.41 Å². The Morgan fingerprint density at radius 3 is 1.40 bits per heavy atom. The first-order valence-corrected chi connectivity index (χ1v) is 15.3. The third kappa shape index (κ3) is 7.11. The van der Waals surface area contributed by atoms with E-state index in [-0.39, 0.29) is 35.5 Å². The molecule has 0 bridgehead atoms. The normalized spacial score (nSPS) is 15.9. The van der Waals surface area contributed by atoms with Gasteiger partial charge in [-0.15, -0.1) is 0 Å². The van der Waals surface area contributed by atoms with Crippen LogP contribution in [0.15, 0.2) is 36.4 Å². The minimum absolute atomic E-state index is 0.183. The lowest BCUT2D eigenvalue weighted by Gasteiger charge is -2.32. The average Bonchev–Trinajstić information content (AvgIpc) is 2.86. The lowest BCUT2D eigenvalue weighted by atomic mass is 9.85. The zero-order chi connectivity index (χ0) is 32.5. The average molecular weight is 611 g/mol. The van der Waals surface area contributed by atoms with E-state index < -0.39 is 21.0 Å². The van der Waals surface area contributed by atoms with Gasteiger partial charge in [-0.25, -0.2) is 18.0 Å². The van der Waals surface area contributed by atoms with Gasteiger partial charge in [-0.1, -0.05) is 91.8 Å². The lowest BCUT2D eigenvalue weighted by Crippen LogP contribution is -2.54. The SMILES string of the molecule is CC(C)c1cccc(C(C)C)c1N1C=[N+](c2c(C(C)C)cccc2C(C)C)C(=O)C(C)(C)C1=O.O=S(=O)([O-])C(F)(F)F. The van der Waals surface area contributed by atoms with E-state index in [1.54, 1.807) is 29.7 Å². The highest BCUT2D eigenvalue weighted by Gasteiger charge is 2.53. The number of nitrogens with zero attached hydrogens (tertiary/aromatic N) is 2. The van der Waals surface area contributed by atoms with E-state index in [1.807, 2.05) is 0 Å². The summed E-state index contributed by atoms with van der Waals surface area (Å²) in [6.07, 6.45) is 1.76. The van der Waals surface area contributed by atoms with E-state index in [1.165, 1.54) is 0 Å². The van der Waals surface area contributed by atoms with Gasteiger partial charge in [0.2, 0.25) is 0 Å². The molecule has 1 aliphatic rings. The number of alkyl halides is 3. The molecule has 2 amide bonds. The van der Waals surface area contributed by atoms with Crippen molar-refractivity contribution in [3.8, 4) is 0 Å². The monoisotopic (exact) mass is 610 g/mol. The summed E-state index contributed by atoms with van der Waals surface area (Å²) in [5.74, 6) is 0.571. The van der Waals surface area contributed by atoms with Crippen molar-refractivity contribution in [3.63, 3.8) is 0 Å². The molecular weight excluding hydrogens is 569 g/mol. The minimum atomic E-state index is -6.09. The van der Waals surface area contributed by atoms with Gasteiger partial charge in [-0.2, -0.15) is 22.6 Å². The minimum Gasteiger partial charge on any atom is -0.741 e. The Hall–Kier alpha value is -3.05. The zero-order valence-corrected chi connectivity index (χ0v) is 26.6. The molecule has 2 aromatic rings. The molecule has 2 aromatic carbocycles. The number of anilines is 1. The fraction of sp³-hybridized carbons (Fsp3) is 0.516. The number of rotatable bonds is 6. The molecular formula is C31H41F3N2O5S. The molecule has 0 saturated carbocycles. The fourth-order valence-electron chi connectivity index (χ4n) is 4.81. The standard InChI is InChI=1S/C30H41N2O2.CHF3O3S/c1-18(2)22-13-11-14-23(19(3)4)26(22)31-17-32(29(34)30(9,10)28(31)33)27-24(20(5)6)15-12-16-25(27)21(7)8;2-1(3,4)8(5,6)7/h11-21H,1-10H3;(H,5,6,7)/q+1;/p-1. The molecule has 0 aliphatic carbocycles. The van der Waals surface area contributed by atoms with Gasteiger partial charge >= 0.3 is 17.3 Å². The van der Waals surface area contributed by atoms with Crippen LogP contribution in [0.5, 0.6) is 0 Å². The van der Waals surface area contributed by atoms with Crippen LogP contribution in [0.1, 0.15) is 115 Å². The number of hydrogen-bond acceptors (Lipinski definition) is 5. The van der Waals surface area contributed by atoms with Gasteiger partial charge in [0.05, 0.1) is 0 Å². The maximum absolute atomic E-state index is 13.9. The summed E-state index contributed by atoms with van der Waals surface area (Å²) >= 11 is 0. The first kappa shape index (κ1) is 35.1. The maximum Gasteiger partial charge on any atom is 0.485 e. The topological polar surface area (TPSA) is 97.6 Å². The largest absolute Gasteiger partial charge is 0.741 e. The molecule has 0 aromatic heterocycles. The van der Waals surface area contributed by atoms with Crippen LogP contribution in [0.4, 0.5) is 24.5 Å². The van der Waals surface area contributed by atoms with Crippen molar-refractivity contribution >= 4 is 39.6 Å². The highest BCUT2D eigenvalue weighted by Crippen LogP contribution is 2.41. The highest BCUT2D eigenvalue weighted by atomic mass is 32.2. The Bertz CT molecular complexity index is 1420. The molecule has 3 rings (SSSR count). The second kappa shape index (κ2) is 12.7. The summed E-state index contributed by atoms with van der Waals surface area (Å²) in [4.78, 5) is 29.5. The van der Waals surface area contributed by atoms with Gasteiger partial charge in [0, 0.05) is 22.3 Å². The van der Waals surface area contributed by atoms with E-state index in [9.17, 15) is 22.8 Å². The summed E-state index contributed by atoms with van der Waals surface area (Å²) in [5, 5.41) is 0. The lowest BCUT2D eigenvalue weighted by molar-refractivity contribution is -0.375. The van der Waals surface area contributed by atoms with Crippen LogP contribution in [0.25, 0.3) is 0 Å². The maximum atomic E-state index is 13.9. The second-order valence-electron chi connectivity index (χ2n) is 12.2. The Morgan fingerprint density at radius 1 is 0.762 bits per heavy atom. The Balaban J connectivity index is 0.000000675. The van der Waals surface area contributed by atoms with Gasteiger partial charge in [-0.3, -0.25) is 0 Å². The smallest absolute Gasteiger partial charge is 0.485 e. The fourth-order valence-corrected chi connectivity index (χ4v) is 4.81. The molecule has 42 heavy (non-hydrogen) atoms. The molecule has 0 unspecified atom stereocenters. The van der Waals surface area contributed by atoms with E-state index in [0.29, 0.717) is 0 Å². The number of benzene rings is 2. The number of hydrogen-bond donors (Lipinski definition) is 0. The molecule has 0 radical (unpaired) electrons. The Kier molecular flexibility index (Phi) is 10.6. The van der Waals surface area contributed by atoms with Gasteiger partial charge in [0.1, 0.15) is 11.4 Å². The van der Waals surface area contributed by atoms with E-state index >= 15 is 0 Å². The summed E-state index contributed by atoms with van der Waals surface area (Å²) in [7, 11) is -6.09. The van der Waals surface area contributed by atoms with Crippen LogP contribution >= 0.6 is 0 Å². The number of halogens is 3. The summed E-state index contributed by atoms with van der Waals surface area (Å²) in [5.41, 5.74) is -0.556. The predicted molar refractivity (Wildman–Crippen MR) is 157 cm³/mol. The quantitative estimate of drug-likeness (QED) is 0.146. The van der Waals surface area contributed by atoms with Crippen molar-refractivity contribution in [1.29, 1.82) is 0 Å². The highest BCUT2D eigenvalue weighted by molar-refractivity contribution is 7.86. The Morgan fingerprint density at radius 2 is 1.10 bits per heavy atom. The number of amides is 2. The number of para-hydroxylation sites is 2. The molecule has 0 atom stereocenters. The van der Waals surface area contributed by atoms with Gasteiger partial charge in [0.15, 0.2) is 15.5 Å². The van der Waals surface area contributed by atoms with Crippen LogP contribution < -0.4 is 4.90 Å². The van der Waals surface area contributed by atoms with E-state index in [0.717, 1.165) is 33.6 Å². The third-order valence-corrected chi connectivity index (χ3v) is 7.76. The van der Waals surface area contributed by atoms with Crippen LogP contribution in [-0.2, 0) is 19.7 Å². The molecule has 0 saturated heterocycles. The number of carbonyl (C=O) groups excluding carboxylic acids is 2. The van der Waals surface area contributed by atoms with Crippen molar-refractivity contribution in [2.75, 3.05) is 4.90 Å². The zero-order valence-electron chi connectivity index (χ0n) is 25.8. The van der Waals surface area contributed by atoms with Crippen LogP contribution in [-0.4, -0.2) is 41.2 Å². The van der Waals surface area contributed by atoms with Crippen molar-refractivity contribution < 1.29 is 40.3 Å². The Labute approximate surface area is 247 Å². The predicted octanol–water partition coefficient (Wildman–Crippen LogP) is 7.50. The van der Waals surface area contributed by atoms with Crippen molar-refractivity contribution in [3.05, 3.63) is 58.7 Å². The third-order valence-electron chi connectivity index (χ3n) is 7.19. The second-order valence-corrected chi connectivity index (χ2v) is 13.6. The first-order valence-electron chi connectivity index (χ1n) is 13.9. The first-order chi connectivity index (χ1) is 19.1. The van der Waals surface area contributed by atoms with Gasteiger partial charge < -0.3 is 4.55 Å². The summed E-state index contributed by atoms with van der Waals surface area (Å²) in [6, 6.07) is 12.5. The molecule has 0 fully saturated rings. The van der Waals surface area contributed by atoms with Crippen molar-refractivity contribution in [1.82, 2.24) is 0 Å². The molecule has 0 N–H and O–H groups in total. The van der Waals surface area contributed by atoms with Crippen molar-refractivity contribution in [2.45, 2.75) is 98.4 Å². The molecule has 0 spiro atoms. The number of carbonyl (C=O) groups is 2. The van der Waals surface area contributed by atoms with Crippen LogP contribution in [0.3, 0.4) is 0 Å². The van der Waals surface area contributed by atoms with E-state index in [4.69, 9.17) is 13.0 Å². The van der Waals surface area contributed by atoms with Crippen LogP contribution in [0.2, 0.25) is 0 Å². The summed E-state index contributed by atoms with van der Waals surface area (Å²) in [6.45, 7) is 20.7. The van der Waals surface area contributed by atoms with E-state index in [2.05, 4.69) is 91.8 Å².